The zero-order chi connectivity index (χ0) is 24.6. The number of hydrogen-bond acceptors (Lipinski definition) is 5. The number of hydrogen-bond donors (Lipinski definition) is 3. The van der Waals surface area contributed by atoms with E-state index in [9.17, 15) is 9.90 Å². The summed E-state index contributed by atoms with van der Waals surface area (Å²) < 4.78 is 10.5. The molecule has 0 unspecified atom stereocenters. The van der Waals surface area contributed by atoms with Crippen molar-refractivity contribution in [3.8, 4) is 0 Å². The lowest BCUT2D eigenvalue weighted by Crippen LogP contribution is -2.52. The van der Waals surface area contributed by atoms with Crippen LogP contribution in [0.15, 0.2) is 24.3 Å². The number of nitrogens with two attached hydrogens (primary N) is 1. The number of piperidine rings is 1. The first-order chi connectivity index (χ1) is 16.4. The number of nitrogens with one attached hydrogen (secondary N) is 1. The third kappa shape index (κ3) is 7.31. The first-order valence-corrected chi connectivity index (χ1v) is 13.0. The molecule has 34 heavy (non-hydrogen) atoms. The summed E-state index contributed by atoms with van der Waals surface area (Å²) in [6.07, 6.45) is 7.40. The number of carbonyl (C=O) groups excluding carboxylic acids is 1. The molecule has 192 valence electrons. The van der Waals surface area contributed by atoms with Crippen molar-refractivity contribution < 1.29 is 19.4 Å². The predicted molar refractivity (Wildman–Crippen MR) is 135 cm³/mol. The number of urea groups is 1. The summed E-state index contributed by atoms with van der Waals surface area (Å²) in [6, 6.07) is 7.33. The van der Waals surface area contributed by atoms with Crippen molar-refractivity contribution in [2.75, 3.05) is 40.5 Å². The van der Waals surface area contributed by atoms with Crippen LogP contribution in [0.4, 0.5) is 4.79 Å². The molecule has 2 amide bonds. The van der Waals surface area contributed by atoms with Crippen LogP contribution in [-0.4, -0.2) is 68.6 Å². The fourth-order valence-electron chi connectivity index (χ4n) is 5.44. The van der Waals surface area contributed by atoms with E-state index < -0.39 is 5.60 Å². The zero-order valence-corrected chi connectivity index (χ0v) is 21.4. The number of amides is 2. The van der Waals surface area contributed by atoms with Crippen LogP contribution in [0.1, 0.15) is 56.9 Å². The van der Waals surface area contributed by atoms with E-state index in [0.717, 1.165) is 50.5 Å². The van der Waals surface area contributed by atoms with Crippen molar-refractivity contribution in [3.05, 3.63) is 34.9 Å². The molecule has 0 spiro atoms. The van der Waals surface area contributed by atoms with Crippen molar-refractivity contribution in [1.82, 2.24) is 10.2 Å². The molecule has 1 saturated heterocycles. The van der Waals surface area contributed by atoms with Gasteiger partial charge in [-0.1, -0.05) is 23.7 Å². The highest BCUT2D eigenvalue weighted by atomic mass is 35.5. The molecule has 2 fully saturated rings. The van der Waals surface area contributed by atoms with Crippen molar-refractivity contribution in [3.63, 3.8) is 0 Å². The van der Waals surface area contributed by atoms with Crippen LogP contribution in [0.5, 0.6) is 0 Å². The highest BCUT2D eigenvalue weighted by Crippen LogP contribution is 2.40. The topological polar surface area (TPSA) is 97.1 Å². The monoisotopic (exact) mass is 495 g/mol. The fourth-order valence-corrected chi connectivity index (χ4v) is 5.63. The molecule has 1 aliphatic carbocycles. The minimum atomic E-state index is -1.05. The Morgan fingerprint density at radius 3 is 2.85 bits per heavy atom. The molecule has 1 aliphatic heterocycles. The Morgan fingerprint density at radius 2 is 2.15 bits per heavy atom. The summed E-state index contributed by atoms with van der Waals surface area (Å²) in [6.45, 7) is 2.32. The lowest BCUT2D eigenvalue weighted by atomic mass is 9.74. The molecule has 3 atom stereocenters. The summed E-state index contributed by atoms with van der Waals surface area (Å²) in [5.74, 6) is 0.518. The van der Waals surface area contributed by atoms with Gasteiger partial charge < -0.3 is 30.5 Å². The van der Waals surface area contributed by atoms with Crippen molar-refractivity contribution >= 4 is 17.6 Å². The number of methoxy groups -OCH3 is 2. The van der Waals surface area contributed by atoms with Crippen molar-refractivity contribution in [1.29, 1.82) is 0 Å². The largest absolute Gasteiger partial charge is 0.385 e. The Morgan fingerprint density at radius 1 is 1.35 bits per heavy atom. The minimum absolute atomic E-state index is 0.0588. The summed E-state index contributed by atoms with van der Waals surface area (Å²) in [7, 11) is 3.44. The first kappa shape index (κ1) is 27.2. The summed E-state index contributed by atoms with van der Waals surface area (Å²) >= 11 is 6.27. The zero-order valence-electron chi connectivity index (χ0n) is 20.7. The number of nitrogens with zero attached hydrogens (tertiary/aromatic N) is 1. The van der Waals surface area contributed by atoms with E-state index in [-0.39, 0.29) is 18.0 Å². The van der Waals surface area contributed by atoms with Crippen LogP contribution in [0.3, 0.4) is 0 Å². The second-order valence-corrected chi connectivity index (χ2v) is 10.5. The Kier molecular flexibility index (Phi) is 10.5. The average Bonchev–Trinajstić information content (AvgIpc) is 2.82. The van der Waals surface area contributed by atoms with Gasteiger partial charge in [0.2, 0.25) is 0 Å². The SMILES string of the molecule is COCCCC[C@@](O)(c1cccc(Cl)c1)[C@@H]1CCCN(C(=O)NC[C@@H](N)C[C@H]2C[C@H](OC)C2)C1. The van der Waals surface area contributed by atoms with E-state index in [1.807, 2.05) is 29.2 Å². The Hall–Kier alpha value is -1.38. The molecule has 1 heterocycles. The lowest BCUT2D eigenvalue weighted by molar-refractivity contribution is -0.0563. The van der Waals surface area contributed by atoms with Gasteiger partial charge in [-0.2, -0.15) is 0 Å². The molecule has 8 heteroatoms. The van der Waals surface area contributed by atoms with Gasteiger partial charge >= 0.3 is 6.03 Å². The van der Waals surface area contributed by atoms with Crippen molar-refractivity contribution in [2.24, 2.45) is 17.6 Å². The summed E-state index contributed by atoms with van der Waals surface area (Å²) in [5, 5.41) is 15.6. The maximum atomic E-state index is 13.0. The molecule has 3 rings (SSSR count). The van der Waals surface area contributed by atoms with Crippen molar-refractivity contribution in [2.45, 2.75) is 69.1 Å². The smallest absolute Gasteiger partial charge is 0.317 e. The quantitative estimate of drug-likeness (QED) is 0.382. The van der Waals surface area contributed by atoms with Gasteiger partial charge in [0.15, 0.2) is 0 Å². The Bertz CT molecular complexity index is 776. The van der Waals surface area contributed by atoms with E-state index in [1.54, 1.807) is 14.2 Å². The maximum absolute atomic E-state index is 13.0. The van der Waals surface area contributed by atoms with Crippen LogP contribution in [0, 0.1) is 11.8 Å². The van der Waals surface area contributed by atoms with Crippen LogP contribution in [0.2, 0.25) is 5.02 Å². The van der Waals surface area contributed by atoms with Gasteiger partial charge in [-0.15, -0.1) is 0 Å². The molecule has 1 aromatic rings. The van der Waals surface area contributed by atoms with Gasteiger partial charge in [0.25, 0.3) is 0 Å². The average molecular weight is 496 g/mol. The van der Waals surface area contributed by atoms with E-state index in [4.69, 9.17) is 26.8 Å². The molecule has 1 aromatic carbocycles. The van der Waals surface area contributed by atoms with Gasteiger partial charge in [-0.05, 0) is 75.0 Å². The van der Waals surface area contributed by atoms with E-state index in [0.29, 0.717) is 49.7 Å². The van der Waals surface area contributed by atoms with E-state index in [2.05, 4.69) is 5.32 Å². The van der Waals surface area contributed by atoms with Crippen LogP contribution in [-0.2, 0) is 15.1 Å². The number of rotatable bonds is 12. The standard InChI is InChI=1S/C26H42ClN3O4/c1-33-12-4-3-10-26(32,20-7-5-9-22(27)16-20)21-8-6-11-30(18-21)25(31)29-17-23(28)13-19-14-24(15-19)34-2/h5,7,9,16,19,21,23-24,32H,3-4,6,8,10-15,17-18,28H2,1-2H3,(H,29,31)/t19-,21-,23+,24-,26-/m1/s1. The number of benzene rings is 1. The molecule has 0 radical (unpaired) electrons. The predicted octanol–water partition coefficient (Wildman–Crippen LogP) is 3.91. The van der Waals surface area contributed by atoms with Gasteiger partial charge in [-0.3, -0.25) is 0 Å². The molecular weight excluding hydrogens is 454 g/mol. The molecule has 2 aliphatic rings. The van der Waals surface area contributed by atoms with Crippen LogP contribution < -0.4 is 11.1 Å². The highest BCUT2D eigenvalue weighted by molar-refractivity contribution is 6.30. The van der Waals surface area contributed by atoms with Crippen LogP contribution >= 0.6 is 11.6 Å². The number of aliphatic hydroxyl groups is 1. The molecule has 0 bridgehead atoms. The number of carbonyl (C=O) groups is 1. The number of likely N-dealkylation sites (tertiary alicyclic amines) is 1. The molecule has 0 aromatic heterocycles. The summed E-state index contributed by atoms with van der Waals surface area (Å²) in [4.78, 5) is 14.8. The maximum Gasteiger partial charge on any atom is 0.317 e. The molecule has 7 nitrogen and oxygen atoms in total. The number of unbranched alkanes of at least 4 members (excludes halogenated alkanes) is 1. The van der Waals surface area contributed by atoms with Gasteiger partial charge in [0, 0.05) is 57.4 Å². The molecule has 1 saturated carbocycles. The molecular formula is C26H42ClN3O4. The Balaban J connectivity index is 1.57. The summed E-state index contributed by atoms with van der Waals surface area (Å²) in [5.41, 5.74) is 6.05. The Labute approximate surface area is 209 Å². The third-order valence-corrected chi connectivity index (χ3v) is 7.78. The third-order valence-electron chi connectivity index (χ3n) is 7.54. The van der Waals surface area contributed by atoms with Gasteiger partial charge in [0.05, 0.1) is 11.7 Å². The van der Waals surface area contributed by atoms with Gasteiger partial charge in [-0.25, -0.2) is 4.79 Å². The van der Waals surface area contributed by atoms with Gasteiger partial charge in [0.1, 0.15) is 0 Å². The molecule has 4 N–H and O–H groups in total. The second kappa shape index (κ2) is 13.1. The fraction of sp³-hybridized carbons (Fsp3) is 0.731. The highest BCUT2D eigenvalue weighted by Gasteiger charge is 2.41. The second-order valence-electron chi connectivity index (χ2n) is 10.0. The first-order valence-electron chi connectivity index (χ1n) is 12.6. The van der Waals surface area contributed by atoms with E-state index >= 15 is 0 Å². The number of ether oxygens (including phenoxy) is 2. The number of halogens is 1. The van der Waals surface area contributed by atoms with Crippen LogP contribution in [0.25, 0.3) is 0 Å². The lowest BCUT2D eigenvalue weighted by Gasteiger charge is -2.43. The van der Waals surface area contributed by atoms with E-state index in [1.165, 1.54) is 0 Å². The minimum Gasteiger partial charge on any atom is -0.385 e. The normalized spacial score (nSPS) is 25.3.